The molecule has 0 nitrogen and oxygen atoms in total. The van der Waals surface area contributed by atoms with Crippen molar-refractivity contribution in [3.05, 3.63) is 69.2 Å². The van der Waals surface area contributed by atoms with Gasteiger partial charge in [0.05, 0.1) is 5.38 Å². The SMILES string of the molecule is Cc1cc(C)c(C(Cl)c2ccccc2Cl)c(C)c1. The molecule has 0 saturated heterocycles. The highest BCUT2D eigenvalue weighted by Gasteiger charge is 2.18. The normalized spacial score (nSPS) is 12.5. The predicted molar refractivity (Wildman–Crippen MR) is 79.8 cm³/mol. The summed E-state index contributed by atoms with van der Waals surface area (Å²) in [6.45, 7) is 6.30. The monoisotopic (exact) mass is 278 g/mol. The van der Waals surface area contributed by atoms with E-state index in [1.807, 2.05) is 24.3 Å². The zero-order valence-electron chi connectivity index (χ0n) is 10.8. The first kappa shape index (κ1) is 13.5. The number of hydrogen-bond acceptors (Lipinski definition) is 0. The van der Waals surface area contributed by atoms with Crippen molar-refractivity contribution < 1.29 is 0 Å². The average molecular weight is 279 g/mol. The van der Waals surface area contributed by atoms with Gasteiger partial charge in [0.1, 0.15) is 0 Å². The second-order valence-corrected chi connectivity index (χ2v) is 5.54. The van der Waals surface area contributed by atoms with E-state index in [9.17, 15) is 0 Å². The maximum Gasteiger partial charge on any atom is 0.0854 e. The molecule has 0 aliphatic carbocycles. The van der Waals surface area contributed by atoms with Gasteiger partial charge in [-0.15, -0.1) is 11.6 Å². The Labute approximate surface area is 119 Å². The van der Waals surface area contributed by atoms with Crippen molar-refractivity contribution in [2.75, 3.05) is 0 Å². The fourth-order valence-electron chi connectivity index (χ4n) is 2.43. The number of halogens is 2. The first-order valence-corrected chi connectivity index (χ1v) is 6.78. The molecule has 1 atom stereocenters. The van der Waals surface area contributed by atoms with Gasteiger partial charge in [0.2, 0.25) is 0 Å². The Morgan fingerprint density at radius 2 is 1.50 bits per heavy atom. The topological polar surface area (TPSA) is 0 Å². The molecule has 94 valence electrons. The summed E-state index contributed by atoms with van der Waals surface area (Å²) >= 11 is 12.8. The van der Waals surface area contributed by atoms with E-state index in [-0.39, 0.29) is 5.38 Å². The molecular weight excluding hydrogens is 263 g/mol. The first-order chi connectivity index (χ1) is 8.50. The molecule has 0 N–H and O–H groups in total. The van der Waals surface area contributed by atoms with Gasteiger partial charge in [0.15, 0.2) is 0 Å². The number of benzene rings is 2. The van der Waals surface area contributed by atoms with Crippen LogP contribution in [0.2, 0.25) is 5.02 Å². The van der Waals surface area contributed by atoms with Crippen molar-refractivity contribution in [2.24, 2.45) is 0 Å². The molecular formula is C16H16Cl2. The molecule has 0 radical (unpaired) electrons. The molecule has 2 heteroatoms. The van der Waals surface area contributed by atoms with E-state index in [1.165, 1.54) is 16.7 Å². The number of aryl methyl sites for hydroxylation is 3. The number of rotatable bonds is 2. The maximum atomic E-state index is 6.62. The Kier molecular flexibility index (Phi) is 3.99. The van der Waals surface area contributed by atoms with Gasteiger partial charge in [0.25, 0.3) is 0 Å². The largest absolute Gasteiger partial charge is 0.113 e. The van der Waals surface area contributed by atoms with Crippen molar-refractivity contribution in [2.45, 2.75) is 26.1 Å². The summed E-state index contributed by atoms with van der Waals surface area (Å²) < 4.78 is 0. The van der Waals surface area contributed by atoms with E-state index >= 15 is 0 Å². The van der Waals surface area contributed by atoms with E-state index in [1.54, 1.807) is 0 Å². The van der Waals surface area contributed by atoms with Gasteiger partial charge < -0.3 is 0 Å². The molecule has 0 spiro atoms. The number of alkyl halides is 1. The lowest BCUT2D eigenvalue weighted by molar-refractivity contribution is 1.07. The lowest BCUT2D eigenvalue weighted by atomic mass is 9.94. The predicted octanol–water partition coefficient (Wildman–Crippen LogP) is 5.59. The quantitative estimate of drug-likeness (QED) is 0.628. The summed E-state index contributed by atoms with van der Waals surface area (Å²) in [5.41, 5.74) is 5.82. The highest BCUT2D eigenvalue weighted by molar-refractivity contribution is 6.33. The molecule has 18 heavy (non-hydrogen) atoms. The molecule has 0 aliphatic heterocycles. The van der Waals surface area contributed by atoms with Crippen LogP contribution >= 0.6 is 23.2 Å². The standard InChI is InChI=1S/C16H16Cl2/c1-10-8-11(2)15(12(3)9-10)16(18)13-6-4-5-7-14(13)17/h4-9,16H,1-3H3. The Hall–Kier alpha value is -0.980. The zero-order chi connectivity index (χ0) is 13.3. The second-order valence-electron chi connectivity index (χ2n) is 4.70. The van der Waals surface area contributed by atoms with E-state index in [0.29, 0.717) is 0 Å². The lowest BCUT2D eigenvalue weighted by Gasteiger charge is -2.18. The fraction of sp³-hybridized carbons (Fsp3) is 0.250. The second kappa shape index (κ2) is 5.34. The first-order valence-electron chi connectivity index (χ1n) is 5.97. The molecule has 1 unspecified atom stereocenters. The molecule has 2 rings (SSSR count). The van der Waals surface area contributed by atoms with Crippen LogP contribution in [0.25, 0.3) is 0 Å². The summed E-state index contributed by atoms with van der Waals surface area (Å²) in [5, 5.41) is 0.524. The Morgan fingerprint density at radius 1 is 0.944 bits per heavy atom. The van der Waals surface area contributed by atoms with Gasteiger partial charge in [-0.05, 0) is 49.1 Å². The number of hydrogen-bond donors (Lipinski definition) is 0. The highest BCUT2D eigenvalue weighted by Crippen LogP contribution is 2.37. The molecule has 0 bridgehead atoms. The molecule has 0 aromatic heterocycles. The molecule has 0 fully saturated rings. The molecule has 0 amide bonds. The van der Waals surface area contributed by atoms with Crippen LogP contribution in [-0.2, 0) is 0 Å². The van der Waals surface area contributed by atoms with E-state index in [4.69, 9.17) is 23.2 Å². The summed E-state index contributed by atoms with van der Waals surface area (Å²) in [6, 6.07) is 12.1. The van der Waals surface area contributed by atoms with Crippen molar-refractivity contribution in [1.29, 1.82) is 0 Å². The molecule has 2 aromatic rings. The van der Waals surface area contributed by atoms with Gasteiger partial charge in [-0.1, -0.05) is 47.5 Å². The van der Waals surface area contributed by atoms with Crippen LogP contribution in [0.3, 0.4) is 0 Å². The van der Waals surface area contributed by atoms with Crippen molar-refractivity contribution >= 4 is 23.2 Å². The average Bonchev–Trinajstić information content (AvgIpc) is 2.27. The minimum Gasteiger partial charge on any atom is -0.113 e. The van der Waals surface area contributed by atoms with Crippen LogP contribution in [0.5, 0.6) is 0 Å². The van der Waals surface area contributed by atoms with Crippen LogP contribution in [0.15, 0.2) is 36.4 Å². The van der Waals surface area contributed by atoms with E-state index in [0.717, 1.165) is 16.1 Å². The smallest absolute Gasteiger partial charge is 0.0854 e. The summed E-state index contributed by atoms with van der Waals surface area (Å²) in [4.78, 5) is 0. The molecule has 2 aromatic carbocycles. The minimum absolute atomic E-state index is 0.195. The third-order valence-electron chi connectivity index (χ3n) is 3.17. The summed E-state index contributed by atoms with van der Waals surface area (Å²) in [6.07, 6.45) is 0. The van der Waals surface area contributed by atoms with Crippen LogP contribution in [0, 0.1) is 20.8 Å². The molecule has 0 saturated carbocycles. The van der Waals surface area contributed by atoms with Crippen LogP contribution in [0.4, 0.5) is 0 Å². The van der Waals surface area contributed by atoms with Crippen molar-refractivity contribution in [3.63, 3.8) is 0 Å². The van der Waals surface area contributed by atoms with Crippen molar-refractivity contribution in [3.8, 4) is 0 Å². The highest BCUT2D eigenvalue weighted by atomic mass is 35.5. The maximum absolute atomic E-state index is 6.62. The summed E-state index contributed by atoms with van der Waals surface area (Å²) in [7, 11) is 0. The van der Waals surface area contributed by atoms with E-state index in [2.05, 4.69) is 32.9 Å². The van der Waals surface area contributed by atoms with Gasteiger partial charge >= 0.3 is 0 Å². The lowest BCUT2D eigenvalue weighted by Crippen LogP contribution is -2.01. The molecule has 0 aliphatic rings. The Bertz CT molecular complexity index is 550. The Morgan fingerprint density at radius 3 is 2.06 bits per heavy atom. The molecule has 0 heterocycles. The minimum atomic E-state index is -0.195. The summed E-state index contributed by atoms with van der Waals surface area (Å²) in [5.74, 6) is 0. The van der Waals surface area contributed by atoms with Gasteiger partial charge in [0, 0.05) is 5.02 Å². The van der Waals surface area contributed by atoms with E-state index < -0.39 is 0 Å². The van der Waals surface area contributed by atoms with Crippen molar-refractivity contribution in [1.82, 2.24) is 0 Å². The Balaban J connectivity index is 2.53. The van der Waals surface area contributed by atoms with Gasteiger partial charge in [-0.3, -0.25) is 0 Å². The van der Waals surface area contributed by atoms with Crippen LogP contribution in [0.1, 0.15) is 33.2 Å². The van der Waals surface area contributed by atoms with Crippen LogP contribution in [-0.4, -0.2) is 0 Å². The fourth-order valence-corrected chi connectivity index (χ4v) is 3.26. The zero-order valence-corrected chi connectivity index (χ0v) is 12.3. The third-order valence-corrected chi connectivity index (χ3v) is 3.97. The van der Waals surface area contributed by atoms with Gasteiger partial charge in [-0.2, -0.15) is 0 Å². The van der Waals surface area contributed by atoms with Gasteiger partial charge in [-0.25, -0.2) is 0 Å². The van der Waals surface area contributed by atoms with Crippen LogP contribution < -0.4 is 0 Å². The third kappa shape index (κ3) is 2.55.